The Labute approximate surface area is 117 Å². The third kappa shape index (κ3) is 5.48. The molecule has 0 bridgehead atoms. The number of hydrogen-bond acceptors (Lipinski definition) is 3. The highest BCUT2D eigenvalue weighted by molar-refractivity contribution is 5.28. The zero-order valence-electron chi connectivity index (χ0n) is 11.7. The van der Waals surface area contributed by atoms with E-state index in [1.54, 1.807) is 13.2 Å². The summed E-state index contributed by atoms with van der Waals surface area (Å²) in [4.78, 5) is 0. The van der Waals surface area contributed by atoms with Crippen LogP contribution in [0.25, 0.3) is 0 Å². The van der Waals surface area contributed by atoms with E-state index in [9.17, 15) is 13.2 Å². The van der Waals surface area contributed by atoms with E-state index in [0.29, 0.717) is 31.9 Å². The first kappa shape index (κ1) is 16.9. The number of halogens is 3. The van der Waals surface area contributed by atoms with E-state index >= 15 is 0 Å². The molecule has 0 spiro atoms. The minimum atomic E-state index is -4.33. The molecule has 1 N–H and O–H groups in total. The Hall–Kier alpha value is -1.11. The van der Waals surface area contributed by atoms with Gasteiger partial charge in [-0.05, 0) is 24.2 Å². The van der Waals surface area contributed by atoms with Gasteiger partial charge in [0.2, 0.25) is 0 Å². The SMILES string of the molecule is CCNC(COCCOC)c1cccc(C(F)(F)F)c1. The topological polar surface area (TPSA) is 30.5 Å². The molecule has 0 saturated heterocycles. The maximum atomic E-state index is 12.7. The Morgan fingerprint density at radius 2 is 2.00 bits per heavy atom. The van der Waals surface area contributed by atoms with Gasteiger partial charge in [0.1, 0.15) is 0 Å². The van der Waals surface area contributed by atoms with Crippen molar-refractivity contribution in [3.63, 3.8) is 0 Å². The van der Waals surface area contributed by atoms with Crippen molar-refractivity contribution in [1.29, 1.82) is 0 Å². The minimum Gasteiger partial charge on any atom is -0.382 e. The van der Waals surface area contributed by atoms with Crippen molar-refractivity contribution in [2.45, 2.75) is 19.1 Å². The molecule has 1 aromatic rings. The third-order valence-corrected chi connectivity index (χ3v) is 2.78. The van der Waals surface area contributed by atoms with Crippen LogP contribution >= 0.6 is 0 Å². The Morgan fingerprint density at radius 3 is 2.60 bits per heavy atom. The fraction of sp³-hybridized carbons (Fsp3) is 0.571. The predicted octanol–water partition coefficient (Wildman–Crippen LogP) is 3.02. The van der Waals surface area contributed by atoms with Crippen LogP contribution in [-0.4, -0.2) is 33.5 Å². The number of rotatable bonds is 8. The number of alkyl halides is 3. The first-order chi connectivity index (χ1) is 9.49. The van der Waals surface area contributed by atoms with Crippen molar-refractivity contribution in [2.75, 3.05) is 33.5 Å². The van der Waals surface area contributed by atoms with Gasteiger partial charge in [0.15, 0.2) is 0 Å². The first-order valence-electron chi connectivity index (χ1n) is 6.46. The van der Waals surface area contributed by atoms with Crippen molar-refractivity contribution in [1.82, 2.24) is 5.32 Å². The molecular weight excluding hydrogens is 271 g/mol. The number of benzene rings is 1. The first-order valence-corrected chi connectivity index (χ1v) is 6.46. The Morgan fingerprint density at radius 1 is 1.25 bits per heavy atom. The summed E-state index contributed by atoms with van der Waals surface area (Å²) >= 11 is 0. The zero-order valence-corrected chi connectivity index (χ0v) is 11.7. The van der Waals surface area contributed by atoms with E-state index in [4.69, 9.17) is 9.47 Å². The average Bonchev–Trinajstić information content (AvgIpc) is 2.41. The van der Waals surface area contributed by atoms with Gasteiger partial charge in [-0.3, -0.25) is 0 Å². The van der Waals surface area contributed by atoms with Gasteiger partial charge in [0, 0.05) is 7.11 Å². The summed E-state index contributed by atoms with van der Waals surface area (Å²) in [7, 11) is 1.57. The second kappa shape index (κ2) is 8.24. The smallest absolute Gasteiger partial charge is 0.382 e. The molecule has 3 nitrogen and oxygen atoms in total. The molecule has 0 heterocycles. The molecule has 0 aliphatic rings. The van der Waals surface area contributed by atoms with Gasteiger partial charge in [0.05, 0.1) is 31.4 Å². The van der Waals surface area contributed by atoms with Crippen LogP contribution < -0.4 is 5.32 Å². The van der Waals surface area contributed by atoms with E-state index in [1.165, 1.54) is 6.07 Å². The van der Waals surface area contributed by atoms with Crippen LogP contribution in [0.15, 0.2) is 24.3 Å². The van der Waals surface area contributed by atoms with Gasteiger partial charge in [-0.2, -0.15) is 13.2 Å². The lowest BCUT2D eigenvalue weighted by Crippen LogP contribution is -2.26. The molecule has 0 fully saturated rings. The monoisotopic (exact) mass is 291 g/mol. The van der Waals surface area contributed by atoms with Crippen molar-refractivity contribution < 1.29 is 22.6 Å². The average molecular weight is 291 g/mol. The highest BCUT2D eigenvalue weighted by Crippen LogP contribution is 2.30. The molecule has 0 saturated carbocycles. The van der Waals surface area contributed by atoms with Crippen molar-refractivity contribution in [3.05, 3.63) is 35.4 Å². The van der Waals surface area contributed by atoms with Crippen LogP contribution in [0, 0.1) is 0 Å². The standard InChI is InChI=1S/C14H20F3NO2/c1-3-18-13(10-20-8-7-19-2)11-5-4-6-12(9-11)14(15,16)17/h4-6,9,13,18H,3,7-8,10H2,1-2H3. The van der Waals surface area contributed by atoms with Crippen LogP contribution in [0.3, 0.4) is 0 Å². The maximum Gasteiger partial charge on any atom is 0.416 e. The molecule has 1 aromatic carbocycles. The highest BCUT2D eigenvalue weighted by Gasteiger charge is 2.30. The molecule has 0 radical (unpaired) electrons. The lowest BCUT2D eigenvalue weighted by Gasteiger charge is -2.19. The summed E-state index contributed by atoms with van der Waals surface area (Å²) in [6.45, 7) is 3.72. The van der Waals surface area contributed by atoms with Crippen LogP contribution in [0.2, 0.25) is 0 Å². The fourth-order valence-electron chi connectivity index (χ4n) is 1.79. The number of ether oxygens (including phenoxy) is 2. The van der Waals surface area contributed by atoms with Crippen LogP contribution in [0.1, 0.15) is 24.1 Å². The lowest BCUT2D eigenvalue weighted by molar-refractivity contribution is -0.137. The normalized spacial score (nSPS) is 13.4. The van der Waals surface area contributed by atoms with Crippen molar-refractivity contribution in [3.8, 4) is 0 Å². The Balaban J connectivity index is 2.75. The van der Waals surface area contributed by atoms with Gasteiger partial charge in [-0.1, -0.05) is 19.1 Å². The molecule has 1 unspecified atom stereocenters. The molecule has 0 amide bonds. The molecule has 6 heteroatoms. The van der Waals surface area contributed by atoms with E-state index in [-0.39, 0.29) is 6.04 Å². The van der Waals surface area contributed by atoms with E-state index < -0.39 is 11.7 Å². The van der Waals surface area contributed by atoms with Crippen LogP contribution in [0.5, 0.6) is 0 Å². The summed E-state index contributed by atoms with van der Waals surface area (Å²) in [6.07, 6.45) is -4.33. The second-order valence-corrected chi connectivity index (χ2v) is 4.30. The van der Waals surface area contributed by atoms with Crippen molar-refractivity contribution in [2.24, 2.45) is 0 Å². The second-order valence-electron chi connectivity index (χ2n) is 4.30. The van der Waals surface area contributed by atoms with Crippen LogP contribution in [0.4, 0.5) is 13.2 Å². The maximum absolute atomic E-state index is 12.7. The number of hydrogen-bond donors (Lipinski definition) is 1. The summed E-state index contributed by atoms with van der Waals surface area (Å²) in [5.74, 6) is 0. The highest BCUT2D eigenvalue weighted by atomic mass is 19.4. The Bertz CT molecular complexity index is 396. The van der Waals surface area contributed by atoms with Gasteiger partial charge in [-0.25, -0.2) is 0 Å². The third-order valence-electron chi connectivity index (χ3n) is 2.78. The van der Waals surface area contributed by atoms with Crippen molar-refractivity contribution >= 4 is 0 Å². The molecule has 114 valence electrons. The number of nitrogens with one attached hydrogen (secondary N) is 1. The lowest BCUT2D eigenvalue weighted by atomic mass is 10.0. The molecule has 0 aliphatic heterocycles. The van der Waals surface area contributed by atoms with Gasteiger partial charge in [0.25, 0.3) is 0 Å². The number of likely N-dealkylation sites (N-methyl/N-ethyl adjacent to an activating group) is 1. The predicted molar refractivity (Wildman–Crippen MR) is 70.6 cm³/mol. The fourth-order valence-corrected chi connectivity index (χ4v) is 1.79. The van der Waals surface area contributed by atoms with Gasteiger partial charge >= 0.3 is 6.18 Å². The van der Waals surface area contributed by atoms with Gasteiger partial charge < -0.3 is 14.8 Å². The summed E-state index contributed by atoms with van der Waals surface area (Å²) < 4.78 is 48.4. The molecular formula is C14H20F3NO2. The molecule has 1 rings (SSSR count). The van der Waals surface area contributed by atoms with Gasteiger partial charge in [-0.15, -0.1) is 0 Å². The minimum absolute atomic E-state index is 0.265. The quantitative estimate of drug-likeness (QED) is 0.747. The van der Waals surface area contributed by atoms with E-state index in [0.717, 1.165) is 12.1 Å². The molecule has 0 aromatic heterocycles. The summed E-state index contributed by atoms with van der Waals surface area (Å²) in [5.41, 5.74) is -0.0751. The Kier molecular flexibility index (Phi) is 6.98. The molecule has 20 heavy (non-hydrogen) atoms. The van der Waals surface area contributed by atoms with Crippen LogP contribution in [-0.2, 0) is 15.7 Å². The van der Waals surface area contributed by atoms with E-state index in [1.807, 2.05) is 6.92 Å². The summed E-state index contributed by atoms with van der Waals surface area (Å²) in [5, 5.41) is 3.12. The molecule has 1 atom stereocenters. The summed E-state index contributed by atoms with van der Waals surface area (Å²) in [6, 6.07) is 5.05. The number of methoxy groups -OCH3 is 1. The zero-order chi connectivity index (χ0) is 15.0. The molecule has 0 aliphatic carbocycles. The largest absolute Gasteiger partial charge is 0.416 e. The van der Waals surface area contributed by atoms with E-state index in [2.05, 4.69) is 5.32 Å².